The minimum Gasteiger partial charge on any atom is -0.508 e. The smallest absolute Gasteiger partial charge is 0.336 e. The molecule has 0 atom stereocenters. The van der Waals surface area contributed by atoms with E-state index in [2.05, 4.69) is 14.9 Å². The van der Waals surface area contributed by atoms with Crippen LogP contribution in [0.5, 0.6) is 5.75 Å². The number of nitrogens with one attached hydrogen (secondary N) is 1. The molecule has 0 aliphatic carbocycles. The highest BCUT2D eigenvalue weighted by molar-refractivity contribution is 5.82. The molecule has 27 heavy (non-hydrogen) atoms. The molecule has 1 aliphatic heterocycles. The lowest BCUT2D eigenvalue weighted by Gasteiger charge is -2.32. The molecule has 3 aromatic rings. The Morgan fingerprint density at radius 1 is 1.15 bits per heavy atom. The number of phenolic OH excluding ortho intramolecular Hbond substituents is 1. The van der Waals surface area contributed by atoms with Crippen molar-refractivity contribution in [2.45, 2.75) is 19.9 Å². The summed E-state index contributed by atoms with van der Waals surface area (Å²) in [5, 5.41) is 11.0. The van der Waals surface area contributed by atoms with Crippen LogP contribution in [0.4, 0.5) is 5.95 Å². The Bertz CT molecular complexity index is 995. The van der Waals surface area contributed by atoms with Crippen LogP contribution in [-0.4, -0.2) is 41.3 Å². The van der Waals surface area contributed by atoms with Crippen molar-refractivity contribution in [3.63, 3.8) is 0 Å². The first-order chi connectivity index (χ1) is 13.1. The summed E-state index contributed by atoms with van der Waals surface area (Å²) in [6.07, 6.45) is 4.25. The van der Waals surface area contributed by atoms with Crippen LogP contribution >= 0.6 is 0 Å². The molecule has 1 aromatic carbocycles. The van der Waals surface area contributed by atoms with E-state index in [1.54, 1.807) is 24.5 Å². The number of piperazine rings is 1. The summed E-state index contributed by atoms with van der Waals surface area (Å²) in [6, 6.07) is 6.90. The summed E-state index contributed by atoms with van der Waals surface area (Å²) in [5.41, 5.74) is 1.90. The van der Waals surface area contributed by atoms with Crippen LogP contribution in [0.2, 0.25) is 0 Å². The predicted molar refractivity (Wildman–Crippen MR) is 102 cm³/mol. The molecule has 0 saturated carbocycles. The van der Waals surface area contributed by atoms with Gasteiger partial charge in [-0.25, -0.2) is 14.8 Å². The molecule has 1 fully saturated rings. The number of fused-ring (bicyclic) bond motifs is 1. The summed E-state index contributed by atoms with van der Waals surface area (Å²) < 4.78 is 5.30. The molecule has 7 heteroatoms. The van der Waals surface area contributed by atoms with E-state index < -0.39 is 0 Å². The summed E-state index contributed by atoms with van der Waals surface area (Å²) in [7, 11) is 0. The second-order valence-corrected chi connectivity index (χ2v) is 6.88. The van der Waals surface area contributed by atoms with E-state index in [1.807, 2.05) is 19.1 Å². The minimum absolute atomic E-state index is 0.175. The Balaban J connectivity index is 1.55. The molecule has 3 heterocycles. The molecule has 0 radical (unpaired) electrons. The number of rotatable bonds is 4. The highest BCUT2D eigenvalue weighted by Crippen LogP contribution is 2.26. The molecule has 0 spiro atoms. The lowest BCUT2D eigenvalue weighted by atomic mass is 10.0. The molecule has 2 aromatic heterocycles. The fraction of sp³-hybridized carbons (Fsp3) is 0.350. The number of anilines is 1. The zero-order valence-corrected chi connectivity index (χ0v) is 15.3. The van der Waals surface area contributed by atoms with Crippen molar-refractivity contribution in [2.24, 2.45) is 0 Å². The number of nitrogens with zero attached hydrogens (tertiary/aromatic N) is 3. The third-order valence-corrected chi connectivity index (χ3v) is 5.16. The van der Waals surface area contributed by atoms with Gasteiger partial charge >= 0.3 is 5.63 Å². The van der Waals surface area contributed by atoms with Crippen molar-refractivity contribution in [2.75, 3.05) is 31.1 Å². The van der Waals surface area contributed by atoms with Gasteiger partial charge in [-0.3, -0.25) is 0 Å². The van der Waals surface area contributed by atoms with Crippen molar-refractivity contribution in [1.29, 1.82) is 0 Å². The van der Waals surface area contributed by atoms with Crippen LogP contribution in [0.25, 0.3) is 11.0 Å². The molecule has 2 N–H and O–H groups in total. The van der Waals surface area contributed by atoms with E-state index in [0.29, 0.717) is 5.58 Å². The number of hydrogen-bond acceptors (Lipinski definition) is 6. The van der Waals surface area contributed by atoms with Crippen LogP contribution in [0.3, 0.4) is 0 Å². The van der Waals surface area contributed by atoms with Crippen LogP contribution in [-0.2, 0) is 13.0 Å². The fourth-order valence-corrected chi connectivity index (χ4v) is 3.66. The number of quaternary nitrogens is 1. The largest absolute Gasteiger partial charge is 0.508 e. The molecule has 140 valence electrons. The summed E-state index contributed by atoms with van der Waals surface area (Å²) >= 11 is 0. The molecular weight excluding hydrogens is 344 g/mol. The third-order valence-electron chi connectivity index (χ3n) is 5.16. The number of phenols is 1. The van der Waals surface area contributed by atoms with E-state index in [4.69, 9.17) is 4.42 Å². The first-order valence-corrected chi connectivity index (χ1v) is 9.28. The summed E-state index contributed by atoms with van der Waals surface area (Å²) in [6.45, 7) is 6.38. The van der Waals surface area contributed by atoms with Gasteiger partial charge < -0.3 is 19.3 Å². The highest BCUT2D eigenvalue weighted by atomic mass is 16.4. The van der Waals surface area contributed by atoms with Crippen molar-refractivity contribution in [1.82, 2.24) is 9.97 Å². The Morgan fingerprint density at radius 2 is 1.89 bits per heavy atom. The third kappa shape index (κ3) is 3.64. The highest BCUT2D eigenvalue weighted by Gasteiger charge is 2.23. The number of aromatic hydroxyl groups is 1. The SMILES string of the molecule is CCc1cc2c(C[NH+]3CCN(c4ncccn4)CC3)cc(=O)oc2cc1O. The Kier molecular flexibility index (Phi) is 4.77. The molecule has 1 aliphatic rings. The van der Waals surface area contributed by atoms with Crippen molar-refractivity contribution in [3.05, 3.63) is 58.2 Å². The molecule has 7 nitrogen and oxygen atoms in total. The Hall–Kier alpha value is -2.93. The van der Waals surface area contributed by atoms with Crippen LogP contribution in [0.15, 0.2) is 45.9 Å². The van der Waals surface area contributed by atoms with E-state index in [1.165, 1.54) is 4.90 Å². The lowest BCUT2D eigenvalue weighted by Crippen LogP contribution is -3.13. The van der Waals surface area contributed by atoms with Gasteiger partial charge in [-0.05, 0) is 24.1 Å². The average molecular weight is 367 g/mol. The zero-order chi connectivity index (χ0) is 18.8. The molecular formula is C20H23N4O3+. The number of hydrogen-bond donors (Lipinski definition) is 2. The lowest BCUT2D eigenvalue weighted by molar-refractivity contribution is -0.914. The Labute approximate surface area is 156 Å². The quantitative estimate of drug-likeness (QED) is 0.663. The molecule has 0 unspecified atom stereocenters. The summed E-state index contributed by atoms with van der Waals surface area (Å²) in [4.78, 5) is 24.2. The molecule has 0 amide bonds. The second kappa shape index (κ2) is 7.36. The van der Waals surface area contributed by atoms with Crippen LogP contribution < -0.4 is 15.4 Å². The van der Waals surface area contributed by atoms with Gasteiger partial charge in [-0.2, -0.15) is 0 Å². The van der Waals surface area contributed by atoms with Crippen molar-refractivity contribution >= 4 is 16.9 Å². The topological polar surface area (TPSA) is 83.9 Å². The first-order valence-electron chi connectivity index (χ1n) is 9.28. The van der Waals surface area contributed by atoms with E-state index >= 15 is 0 Å². The van der Waals surface area contributed by atoms with E-state index in [9.17, 15) is 9.90 Å². The maximum Gasteiger partial charge on any atom is 0.336 e. The predicted octanol–water partition coefficient (Wildman–Crippen LogP) is 0.756. The average Bonchev–Trinajstić information content (AvgIpc) is 2.68. The number of aromatic nitrogens is 2. The van der Waals surface area contributed by atoms with Crippen molar-refractivity contribution in [3.8, 4) is 5.75 Å². The number of aryl methyl sites for hydroxylation is 1. The van der Waals surface area contributed by atoms with Crippen molar-refractivity contribution < 1.29 is 14.4 Å². The van der Waals surface area contributed by atoms with Crippen LogP contribution in [0, 0.1) is 0 Å². The fourth-order valence-electron chi connectivity index (χ4n) is 3.66. The van der Waals surface area contributed by atoms with E-state index in [-0.39, 0.29) is 11.4 Å². The number of benzene rings is 1. The van der Waals surface area contributed by atoms with Gasteiger partial charge in [-0.15, -0.1) is 0 Å². The maximum absolute atomic E-state index is 12.0. The summed E-state index contributed by atoms with van der Waals surface area (Å²) in [5.74, 6) is 0.944. The molecule has 4 rings (SSSR count). The van der Waals surface area contributed by atoms with Gasteiger partial charge in [0.15, 0.2) is 0 Å². The van der Waals surface area contributed by atoms with Gasteiger partial charge in [0.1, 0.15) is 17.9 Å². The molecule has 0 bridgehead atoms. The first kappa shape index (κ1) is 17.5. The monoisotopic (exact) mass is 367 g/mol. The maximum atomic E-state index is 12.0. The zero-order valence-electron chi connectivity index (χ0n) is 15.3. The normalized spacial score (nSPS) is 15.4. The van der Waals surface area contributed by atoms with E-state index in [0.717, 1.165) is 61.6 Å². The van der Waals surface area contributed by atoms with Gasteiger partial charge in [0.2, 0.25) is 5.95 Å². The Morgan fingerprint density at radius 3 is 2.59 bits per heavy atom. The van der Waals surface area contributed by atoms with Crippen LogP contribution in [0.1, 0.15) is 18.1 Å². The van der Waals surface area contributed by atoms with Gasteiger partial charge in [0.25, 0.3) is 0 Å². The van der Waals surface area contributed by atoms with Gasteiger partial charge in [0.05, 0.1) is 26.2 Å². The second-order valence-electron chi connectivity index (χ2n) is 6.88. The van der Waals surface area contributed by atoms with Gasteiger partial charge in [0, 0.05) is 35.5 Å². The standard InChI is InChI=1S/C20H22N4O3/c1-2-14-10-16-15(11-19(26)27-18(16)12-17(14)25)13-23-6-8-24(9-7-23)20-21-4-3-5-22-20/h3-5,10-12,25H,2,6-9,13H2,1H3/p+1. The minimum atomic E-state index is -0.378. The van der Waals surface area contributed by atoms with Gasteiger partial charge in [-0.1, -0.05) is 6.92 Å². The molecule has 1 saturated heterocycles.